The number of hydrogen-bond acceptors (Lipinski definition) is 9. The van der Waals surface area contributed by atoms with Gasteiger partial charge in [0.25, 0.3) is 5.56 Å². The van der Waals surface area contributed by atoms with Crippen molar-refractivity contribution in [1.82, 2.24) is 29.3 Å². The zero-order valence-corrected chi connectivity index (χ0v) is 19.9. The van der Waals surface area contributed by atoms with Crippen molar-refractivity contribution in [2.45, 2.75) is 31.9 Å². The van der Waals surface area contributed by atoms with Crippen LogP contribution < -0.4 is 16.2 Å². The van der Waals surface area contributed by atoms with Gasteiger partial charge >= 0.3 is 0 Å². The molecule has 4 aromatic rings. The quantitative estimate of drug-likeness (QED) is 0.425. The summed E-state index contributed by atoms with van der Waals surface area (Å²) in [4.78, 5) is 24.4. The molecule has 0 saturated carbocycles. The van der Waals surface area contributed by atoms with Gasteiger partial charge in [-0.25, -0.2) is 4.98 Å². The van der Waals surface area contributed by atoms with Crippen molar-refractivity contribution in [2.24, 2.45) is 11.7 Å². The van der Waals surface area contributed by atoms with Gasteiger partial charge in [0.1, 0.15) is 12.9 Å². The molecule has 35 heavy (non-hydrogen) atoms. The zero-order valence-electron chi connectivity index (χ0n) is 19.2. The zero-order chi connectivity index (χ0) is 24.1. The standard InChI is InChI=1S/C23H25ClN8O3/c1-13-20-22(33)31(12-26-32(20)23(27-13)30-8-14(7-25)9-30)10-19-28-21(29-35-19)16-6-18(34-11-16)15-2-4-17(24)5-3-15/h2-5,12,14,16,18H,6-11,25H2,1H3/t16-,18+/m0/s1. The van der Waals surface area contributed by atoms with E-state index in [2.05, 4.69) is 25.1 Å². The number of fused-ring (bicyclic) bond motifs is 1. The van der Waals surface area contributed by atoms with Gasteiger partial charge in [0.15, 0.2) is 11.3 Å². The lowest BCUT2D eigenvalue weighted by atomic mass is 10.0. The normalized spacial score (nSPS) is 20.6. The van der Waals surface area contributed by atoms with Crippen molar-refractivity contribution in [3.63, 3.8) is 0 Å². The Labute approximate surface area is 205 Å². The molecule has 2 fully saturated rings. The van der Waals surface area contributed by atoms with E-state index in [1.807, 2.05) is 31.2 Å². The van der Waals surface area contributed by atoms with E-state index in [0.717, 1.165) is 25.1 Å². The average molecular weight is 497 g/mol. The van der Waals surface area contributed by atoms with Gasteiger partial charge in [-0.3, -0.25) is 9.36 Å². The van der Waals surface area contributed by atoms with Gasteiger partial charge in [-0.1, -0.05) is 28.9 Å². The van der Waals surface area contributed by atoms with Crippen LogP contribution in [0, 0.1) is 12.8 Å². The molecule has 5 heterocycles. The molecule has 1 aromatic carbocycles. The number of halogens is 1. The van der Waals surface area contributed by atoms with E-state index < -0.39 is 0 Å². The van der Waals surface area contributed by atoms with Crippen molar-refractivity contribution < 1.29 is 9.26 Å². The number of aromatic nitrogens is 6. The van der Waals surface area contributed by atoms with Crippen LogP contribution in [0.15, 0.2) is 39.9 Å². The number of aryl methyl sites for hydroxylation is 1. The molecule has 3 aromatic heterocycles. The van der Waals surface area contributed by atoms with Crippen molar-refractivity contribution in [1.29, 1.82) is 0 Å². The van der Waals surface area contributed by atoms with Crippen LogP contribution in [0.4, 0.5) is 5.95 Å². The smallest absolute Gasteiger partial charge is 0.280 e. The summed E-state index contributed by atoms with van der Waals surface area (Å²) in [6, 6.07) is 7.65. The number of hydrogen-bond donors (Lipinski definition) is 1. The lowest BCUT2D eigenvalue weighted by Gasteiger charge is -2.38. The Morgan fingerprint density at radius 3 is 2.77 bits per heavy atom. The minimum absolute atomic E-state index is 0.0130. The van der Waals surface area contributed by atoms with Crippen LogP contribution in [-0.4, -0.2) is 55.5 Å². The summed E-state index contributed by atoms with van der Waals surface area (Å²) in [5.41, 5.74) is 7.66. The third-order valence-corrected chi connectivity index (χ3v) is 7.00. The summed E-state index contributed by atoms with van der Waals surface area (Å²) < 4.78 is 14.5. The molecule has 0 amide bonds. The molecule has 2 atom stereocenters. The van der Waals surface area contributed by atoms with E-state index in [-0.39, 0.29) is 24.1 Å². The number of nitrogens with zero attached hydrogens (tertiary/aromatic N) is 7. The largest absolute Gasteiger partial charge is 0.373 e. The van der Waals surface area contributed by atoms with Gasteiger partial charge in [-0.2, -0.15) is 14.6 Å². The molecule has 2 aliphatic heterocycles. The lowest BCUT2D eigenvalue weighted by molar-refractivity contribution is 0.110. The van der Waals surface area contributed by atoms with Gasteiger partial charge < -0.3 is 19.9 Å². The van der Waals surface area contributed by atoms with Gasteiger partial charge in [0.05, 0.1) is 18.4 Å². The van der Waals surface area contributed by atoms with Crippen LogP contribution in [0.1, 0.15) is 41.4 Å². The maximum Gasteiger partial charge on any atom is 0.280 e. The van der Waals surface area contributed by atoms with Gasteiger partial charge in [-0.05, 0) is 37.6 Å². The average Bonchev–Trinajstić information content (AvgIpc) is 3.55. The predicted octanol–water partition coefficient (Wildman–Crippen LogP) is 1.92. The Balaban J connectivity index is 1.18. The van der Waals surface area contributed by atoms with Crippen LogP contribution in [-0.2, 0) is 11.3 Å². The summed E-state index contributed by atoms with van der Waals surface area (Å²) in [5.74, 6) is 2.05. The minimum Gasteiger partial charge on any atom is -0.373 e. The predicted molar refractivity (Wildman–Crippen MR) is 128 cm³/mol. The maximum atomic E-state index is 13.2. The number of ether oxygens (including phenoxy) is 1. The molecule has 12 heteroatoms. The molecule has 0 spiro atoms. The molecule has 0 unspecified atom stereocenters. The fourth-order valence-corrected chi connectivity index (χ4v) is 4.85. The third kappa shape index (κ3) is 3.99. The van der Waals surface area contributed by atoms with Crippen molar-refractivity contribution in [3.05, 3.63) is 68.9 Å². The molecule has 182 valence electrons. The van der Waals surface area contributed by atoms with Crippen LogP contribution in [0.5, 0.6) is 0 Å². The maximum absolute atomic E-state index is 13.2. The molecule has 0 bridgehead atoms. The van der Waals surface area contributed by atoms with Crippen LogP contribution in [0.3, 0.4) is 0 Å². The monoisotopic (exact) mass is 496 g/mol. The Morgan fingerprint density at radius 2 is 2.00 bits per heavy atom. The van der Waals surface area contributed by atoms with E-state index in [1.54, 1.807) is 4.52 Å². The second kappa shape index (κ2) is 8.74. The summed E-state index contributed by atoms with van der Waals surface area (Å²) in [6.07, 6.45) is 2.19. The molecule has 2 aliphatic rings. The Kier molecular flexibility index (Phi) is 5.54. The minimum atomic E-state index is -0.209. The first-order valence-electron chi connectivity index (χ1n) is 11.6. The van der Waals surface area contributed by atoms with Gasteiger partial charge in [0.2, 0.25) is 11.8 Å². The second-order valence-electron chi connectivity index (χ2n) is 9.18. The van der Waals surface area contributed by atoms with Crippen molar-refractivity contribution >= 4 is 23.1 Å². The molecular formula is C23H25ClN8O3. The molecule has 0 aliphatic carbocycles. The lowest BCUT2D eigenvalue weighted by Crippen LogP contribution is -2.50. The van der Waals surface area contributed by atoms with Crippen molar-refractivity contribution in [3.8, 4) is 0 Å². The Hall–Kier alpha value is -3.28. The van der Waals surface area contributed by atoms with E-state index in [0.29, 0.717) is 53.0 Å². The highest BCUT2D eigenvalue weighted by Gasteiger charge is 2.32. The number of rotatable bonds is 6. The summed E-state index contributed by atoms with van der Waals surface area (Å²) in [6.45, 7) is 4.71. The molecule has 0 radical (unpaired) electrons. The molecular weight excluding hydrogens is 472 g/mol. The highest BCUT2D eigenvalue weighted by atomic mass is 35.5. The number of imidazole rings is 1. The SMILES string of the molecule is Cc1nc(N2CC(CN)C2)n2ncn(Cc3nc([C@@H]4CO[C@@H](c5ccc(Cl)cc5)C4)no3)c(=O)c12. The van der Waals surface area contributed by atoms with Gasteiger partial charge in [-0.15, -0.1) is 0 Å². The fourth-order valence-electron chi connectivity index (χ4n) is 4.72. The fraction of sp³-hybridized carbons (Fsp3) is 0.435. The summed E-state index contributed by atoms with van der Waals surface area (Å²) >= 11 is 5.99. The van der Waals surface area contributed by atoms with Gasteiger partial charge in [0, 0.05) is 29.9 Å². The van der Waals surface area contributed by atoms with E-state index in [1.165, 1.54) is 10.9 Å². The van der Waals surface area contributed by atoms with E-state index in [4.69, 9.17) is 26.6 Å². The highest BCUT2D eigenvalue weighted by molar-refractivity contribution is 6.30. The first-order valence-corrected chi connectivity index (χ1v) is 12.0. The first kappa shape index (κ1) is 22.2. The third-order valence-electron chi connectivity index (χ3n) is 6.75. The van der Waals surface area contributed by atoms with Crippen LogP contribution >= 0.6 is 11.6 Å². The Morgan fingerprint density at radius 1 is 1.20 bits per heavy atom. The molecule has 11 nitrogen and oxygen atoms in total. The van der Waals surface area contributed by atoms with Crippen molar-refractivity contribution in [2.75, 3.05) is 31.1 Å². The van der Waals surface area contributed by atoms with Crippen LogP contribution in [0.25, 0.3) is 5.52 Å². The second-order valence-corrected chi connectivity index (χ2v) is 9.62. The number of anilines is 1. The molecule has 6 rings (SSSR count). The topological polar surface area (TPSA) is 130 Å². The van der Waals surface area contributed by atoms with E-state index >= 15 is 0 Å². The first-order chi connectivity index (χ1) is 17.0. The Bertz CT molecular complexity index is 1420. The molecule has 2 N–H and O–H groups in total. The van der Waals surface area contributed by atoms with E-state index in [9.17, 15) is 4.79 Å². The summed E-state index contributed by atoms with van der Waals surface area (Å²) in [5, 5.41) is 9.31. The molecule has 2 saturated heterocycles. The number of benzene rings is 1. The number of nitrogens with two attached hydrogens (primary N) is 1. The summed E-state index contributed by atoms with van der Waals surface area (Å²) in [7, 11) is 0. The van der Waals surface area contributed by atoms with Crippen LogP contribution in [0.2, 0.25) is 5.02 Å². The highest BCUT2D eigenvalue weighted by Crippen LogP contribution is 2.37.